The van der Waals surface area contributed by atoms with Crippen LogP contribution in [0.5, 0.6) is 0 Å². The van der Waals surface area contributed by atoms with Crippen molar-refractivity contribution in [3.05, 3.63) is 17.5 Å². The number of aromatic nitrogens is 2. The van der Waals surface area contributed by atoms with Crippen molar-refractivity contribution in [3.8, 4) is 0 Å². The minimum atomic E-state index is -0.134. The maximum Gasteiger partial charge on any atom is 0.210 e. The number of hydrogen-bond acceptors (Lipinski definition) is 3. The first-order chi connectivity index (χ1) is 9.19. The lowest BCUT2D eigenvalue weighted by atomic mass is 9.91. The quantitative estimate of drug-likeness (QED) is 0.821. The van der Waals surface area contributed by atoms with Crippen LogP contribution in [-0.4, -0.2) is 38.8 Å². The molecule has 1 atom stereocenters. The van der Waals surface area contributed by atoms with Crippen LogP contribution >= 0.6 is 0 Å². The van der Waals surface area contributed by atoms with Gasteiger partial charge in [0, 0.05) is 30.3 Å². The number of fused-ring (bicyclic) bond motifs is 1. The van der Waals surface area contributed by atoms with Crippen LogP contribution < -0.4 is 0 Å². The van der Waals surface area contributed by atoms with Gasteiger partial charge in [0.05, 0.1) is 18.3 Å². The zero-order valence-electron chi connectivity index (χ0n) is 11.3. The summed E-state index contributed by atoms with van der Waals surface area (Å²) in [4.78, 5) is 12.7. The van der Waals surface area contributed by atoms with Gasteiger partial charge in [0.25, 0.3) is 0 Å². The Hall–Kier alpha value is -1.36. The van der Waals surface area contributed by atoms with Crippen LogP contribution in [0.25, 0.3) is 0 Å². The molecule has 0 saturated heterocycles. The Morgan fingerprint density at radius 2 is 2.11 bits per heavy atom. The van der Waals surface area contributed by atoms with Gasteiger partial charge >= 0.3 is 0 Å². The molecule has 0 spiro atoms. The average Bonchev–Trinajstić information content (AvgIpc) is 2.84. The molecule has 1 amide bonds. The lowest BCUT2D eigenvalue weighted by molar-refractivity contribution is -0.119. The van der Waals surface area contributed by atoms with E-state index in [1.54, 1.807) is 0 Å². The first-order valence-electron chi connectivity index (χ1n) is 7.12. The van der Waals surface area contributed by atoms with E-state index >= 15 is 0 Å². The molecular weight excluding hydrogens is 242 g/mol. The van der Waals surface area contributed by atoms with Crippen LogP contribution in [0.1, 0.15) is 55.8 Å². The molecule has 104 valence electrons. The summed E-state index contributed by atoms with van der Waals surface area (Å²) < 4.78 is 2.16. The lowest BCUT2D eigenvalue weighted by Crippen LogP contribution is -2.33. The smallest absolute Gasteiger partial charge is 0.210 e. The van der Waals surface area contributed by atoms with Gasteiger partial charge in [0.15, 0.2) is 0 Å². The van der Waals surface area contributed by atoms with Crippen molar-refractivity contribution in [2.75, 3.05) is 6.54 Å². The standard InChI is InChI=1S/C14H21N3O2/c1-10-7-16(9-18)8-11-6-15-17(14(10)11)12-2-4-13(19)5-3-12/h6,9-10,12-13,19H,2-5,7-8H2,1H3. The number of amides is 1. The highest BCUT2D eigenvalue weighted by atomic mass is 16.3. The summed E-state index contributed by atoms with van der Waals surface area (Å²) in [6.45, 7) is 3.61. The van der Waals surface area contributed by atoms with Gasteiger partial charge in [-0.15, -0.1) is 0 Å². The van der Waals surface area contributed by atoms with E-state index in [0.29, 0.717) is 18.5 Å². The highest BCUT2D eigenvalue weighted by Crippen LogP contribution is 2.34. The van der Waals surface area contributed by atoms with E-state index in [1.807, 2.05) is 11.1 Å². The second-order valence-corrected chi connectivity index (χ2v) is 5.90. The molecule has 1 aromatic rings. The molecule has 19 heavy (non-hydrogen) atoms. The van der Waals surface area contributed by atoms with Gasteiger partial charge in [-0.05, 0) is 25.7 Å². The molecule has 2 aliphatic rings. The molecule has 0 bridgehead atoms. The van der Waals surface area contributed by atoms with E-state index < -0.39 is 0 Å². The van der Waals surface area contributed by atoms with Crippen LogP contribution in [0, 0.1) is 0 Å². The molecule has 1 aromatic heterocycles. The summed E-state index contributed by atoms with van der Waals surface area (Å²) in [5.41, 5.74) is 2.47. The van der Waals surface area contributed by atoms with Gasteiger partial charge in [-0.1, -0.05) is 6.92 Å². The third-order valence-corrected chi connectivity index (χ3v) is 4.42. The molecule has 0 aromatic carbocycles. The van der Waals surface area contributed by atoms with Gasteiger partial charge in [-0.3, -0.25) is 9.48 Å². The number of aliphatic hydroxyl groups is 1. The maximum absolute atomic E-state index is 10.9. The molecule has 1 fully saturated rings. The first kappa shape index (κ1) is 12.7. The summed E-state index contributed by atoms with van der Waals surface area (Å²) in [7, 11) is 0. The normalized spacial score (nSPS) is 31.1. The van der Waals surface area contributed by atoms with E-state index in [0.717, 1.165) is 38.6 Å². The van der Waals surface area contributed by atoms with Crippen molar-refractivity contribution >= 4 is 6.41 Å². The molecule has 5 nitrogen and oxygen atoms in total. The Labute approximate surface area is 113 Å². The van der Waals surface area contributed by atoms with E-state index in [-0.39, 0.29) is 6.10 Å². The summed E-state index contributed by atoms with van der Waals surface area (Å²) in [5.74, 6) is 0.336. The zero-order valence-corrected chi connectivity index (χ0v) is 11.3. The Morgan fingerprint density at radius 1 is 1.37 bits per heavy atom. The van der Waals surface area contributed by atoms with Crippen molar-refractivity contribution in [2.45, 2.75) is 57.2 Å². The summed E-state index contributed by atoms with van der Waals surface area (Å²) in [5, 5.41) is 14.2. The van der Waals surface area contributed by atoms with Gasteiger partial charge in [-0.25, -0.2) is 0 Å². The minimum Gasteiger partial charge on any atom is -0.393 e. The lowest BCUT2D eigenvalue weighted by Gasteiger charge is -2.32. The monoisotopic (exact) mass is 263 g/mol. The maximum atomic E-state index is 10.9. The first-order valence-corrected chi connectivity index (χ1v) is 7.12. The van der Waals surface area contributed by atoms with Crippen molar-refractivity contribution < 1.29 is 9.90 Å². The Kier molecular flexibility index (Phi) is 3.31. The molecule has 1 saturated carbocycles. The third-order valence-electron chi connectivity index (χ3n) is 4.42. The van der Waals surface area contributed by atoms with E-state index in [9.17, 15) is 9.90 Å². The fourth-order valence-corrected chi connectivity index (χ4v) is 3.47. The number of rotatable bonds is 2. The molecule has 2 heterocycles. The second kappa shape index (κ2) is 4.96. The van der Waals surface area contributed by atoms with Crippen molar-refractivity contribution in [2.24, 2.45) is 0 Å². The zero-order chi connectivity index (χ0) is 13.4. The van der Waals surface area contributed by atoms with Crippen LogP contribution in [0.2, 0.25) is 0 Å². The molecular formula is C14H21N3O2. The Bertz CT molecular complexity index is 463. The highest BCUT2D eigenvalue weighted by Gasteiger charge is 2.30. The molecule has 1 unspecified atom stereocenters. The minimum absolute atomic E-state index is 0.134. The number of carbonyl (C=O) groups excluding carboxylic acids is 1. The van der Waals surface area contributed by atoms with Gasteiger partial charge in [0.1, 0.15) is 0 Å². The van der Waals surface area contributed by atoms with E-state index in [4.69, 9.17) is 0 Å². The van der Waals surface area contributed by atoms with E-state index in [1.165, 1.54) is 11.3 Å². The predicted molar refractivity (Wildman–Crippen MR) is 70.6 cm³/mol. The number of aliphatic hydroxyl groups excluding tert-OH is 1. The van der Waals surface area contributed by atoms with E-state index in [2.05, 4.69) is 16.7 Å². The van der Waals surface area contributed by atoms with Crippen molar-refractivity contribution in [3.63, 3.8) is 0 Å². The molecule has 1 aliphatic heterocycles. The third kappa shape index (κ3) is 2.27. The molecule has 1 N–H and O–H groups in total. The molecule has 0 radical (unpaired) electrons. The van der Waals surface area contributed by atoms with Crippen LogP contribution in [-0.2, 0) is 11.3 Å². The van der Waals surface area contributed by atoms with Crippen LogP contribution in [0.3, 0.4) is 0 Å². The number of carbonyl (C=O) groups is 1. The molecule has 5 heteroatoms. The fourth-order valence-electron chi connectivity index (χ4n) is 3.47. The summed E-state index contributed by atoms with van der Waals surface area (Å²) >= 11 is 0. The SMILES string of the molecule is CC1CN(C=O)Cc2cnn(C3CCC(O)CC3)c21. The largest absolute Gasteiger partial charge is 0.393 e. The van der Waals surface area contributed by atoms with Gasteiger partial charge in [0.2, 0.25) is 6.41 Å². The Morgan fingerprint density at radius 3 is 2.79 bits per heavy atom. The molecule has 1 aliphatic carbocycles. The topological polar surface area (TPSA) is 58.4 Å². The second-order valence-electron chi connectivity index (χ2n) is 5.90. The van der Waals surface area contributed by atoms with Crippen molar-refractivity contribution in [1.82, 2.24) is 14.7 Å². The number of hydrogen-bond donors (Lipinski definition) is 1. The van der Waals surface area contributed by atoms with Crippen molar-refractivity contribution in [1.29, 1.82) is 0 Å². The van der Waals surface area contributed by atoms with Gasteiger partial charge < -0.3 is 10.0 Å². The summed E-state index contributed by atoms with van der Waals surface area (Å²) in [6, 6.07) is 0.414. The number of nitrogens with zero attached hydrogens (tertiary/aromatic N) is 3. The highest BCUT2D eigenvalue weighted by molar-refractivity contribution is 5.49. The Balaban J connectivity index is 1.85. The summed E-state index contributed by atoms with van der Waals surface area (Å²) in [6.07, 6.45) is 6.44. The average molecular weight is 263 g/mol. The van der Waals surface area contributed by atoms with Crippen LogP contribution in [0.4, 0.5) is 0 Å². The van der Waals surface area contributed by atoms with Crippen LogP contribution in [0.15, 0.2) is 6.20 Å². The predicted octanol–water partition coefficient (Wildman–Crippen LogP) is 1.43. The van der Waals surface area contributed by atoms with Gasteiger partial charge in [-0.2, -0.15) is 5.10 Å². The fraction of sp³-hybridized carbons (Fsp3) is 0.714. The molecule has 3 rings (SSSR count).